The quantitative estimate of drug-likeness (QED) is 0.165. The van der Waals surface area contributed by atoms with Crippen LogP contribution in [0.3, 0.4) is 0 Å². The van der Waals surface area contributed by atoms with E-state index in [1.54, 1.807) is 0 Å². The van der Waals surface area contributed by atoms with E-state index in [2.05, 4.69) is 182 Å². The van der Waals surface area contributed by atoms with E-state index in [0.29, 0.717) is 0 Å². The van der Waals surface area contributed by atoms with E-state index in [9.17, 15) is 0 Å². The molecule has 10 aromatic carbocycles. The number of hydrogen-bond donors (Lipinski definition) is 0. The lowest BCUT2D eigenvalue weighted by Crippen LogP contribution is -1.89. The van der Waals surface area contributed by atoms with Crippen LogP contribution in [-0.4, -0.2) is 0 Å². The molecule has 236 valence electrons. The van der Waals surface area contributed by atoms with Crippen LogP contribution in [0.15, 0.2) is 182 Å². The first-order valence-electron chi connectivity index (χ1n) is 17.6. The lowest BCUT2D eigenvalue weighted by molar-refractivity contribution is 1.59. The molecule has 0 radical (unpaired) electrons. The molecule has 0 amide bonds. The Bertz CT molecular complexity index is 3160. The summed E-state index contributed by atoms with van der Waals surface area (Å²) in [7, 11) is 0. The Labute approximate surface area is 299 Å². The Hall–Kier alpha value is -6.28. The fourth-order valence-electron chi connectivity index (χ4n) is 8.50. The van der Waals surface area contributed by atoms with E-state index in [4.69, 9.17) is 0 Å². The van der Waals surface area contributed by atoms with Crippen molar-refractivity contribution in [1.29, 1.82) is 0 Å². The van der Waals surface area contributed by atoms with Crippen molar-refractivity contribution < 1.29 is 0 Å². The van der Waals surface area contributed by atoms with Crippen LogP contribution in [0.2, 0.25) is 0 Å². The summed E-state index contributed by atoms with van der Waals surface area (Å²) in [5.41, 5.74) is 7.44. The van der Waals surface area contributed by atoms with Gasteiger partial charge in [-0.2, -0.15) is 0 Å². The van der Waals surface area contributed by atoms with Crippen molar-refractivity contribution in [3.63, 3.8) is 0 Å². The van der Waals surface area contributed by atoms with E-state index in [1.165, 1.54) is 107 Å². The first-order valence-corrected chi connectivity index (χ1v) is 18.4. The fraction of sp³-hybridized carbons (Fsp3) is 0. The number of fused-ring (bicyclic) bond motifs is 14. The van der Waals surface area contributed by atoms with Gasteiger partial charge in [0.2, 0.25) is 0 Å². The lowest BCUT2D eigenvalue weighted by Gasteiger charge is -2.17. The molecule has 1 heterocycles. The predicted molar refractivity (Wildman–Crippen MR) is 223 cm³/mol. The minimum absolute atomic E-state index is 1.22. The molecule has 0 aliphatic carbocycles. The standard InChI is InChI=1S/C50H30S/c1-4-17-42-37(13-1)38-14-2-6-19-44(38)49-46-30-35(27-28-40(46)39-15-3-5-18-43(39)48(42)49)34-12-9-11-33(29-34)31-23-25-32(26-24-31)36-20-10-21-45-41-16-7-8-22-47(41)51-50(36)45/h1-30H. The number of rotatable bonds is 3. The highest BCUT2D eigenvalue weighted by atomic mass is 32.1. The molecule has 1 aromatic heterocycles. The predicted octanol–water partition coefficient (Wildman–Crippen LogP) is 14.8. The molecule has 0 unspecified atom stereocenters. The highest BCUT2D eigenvalue weighted by molar-refractivity contribution is 7.26. The summed E-state index contributed by atoms with van der Waals surface area (Å²) in [5, 5.41) is 15.8. The van der Waals surface area contributed by atoms with Gasteiger partial charge in [-0.25, -0.2) is 0 Å². The van der Waals surface area contributed by atoms with E-state index < -0.39 is 0 Å². The molecule has 0 fully saturated rings. The third-order valence-electron chi connectivity index (χ3n) is 10.8. The van der Waals surface area contributed by atoms with Gasteiger partial charge in [0.05, 0.1) is 0 Å². The van der Waals surface area contributed by atoms with Crippen LogP contribution in [0.25, 0.3) is 107 Å². The van der Waals surface area contributed by atoms with Crippen molar-refractivity contribution in [3.05, 3.63) is 182 Å². The third-order valence-corrected chi connectivity index (χ3v) is 12.1. The van der Waals surface area contributed by atoms with Gasteiger partial charge in [0.25, 0.3) is 0 Å². The van der Waals surface area contributed by atoms with Crippen LogP contribution in [0.4, 0.5) is 0 Å². The van der Waals surface area contributed by atoms with Crippen LogP contribution < -0.4 is 0 Å². The van der Waals surface area contributed by atoms with Crippen molar-refractivity contribution in [2.75, 3.05) is 0 Å². The summed E-state index contributed by atoms with van der Waals surface area (Å²) in [5.74, 6) is 0. The maximum atomic E-state index is 2.43. The molecule has 11 rings (SSSR count). The first-order chi connectivity index (χ1) is 25.3. The third kappa shape index (κ3) is 4.32. The zero-order valence-corrected chi connectivity index (χ0v) is 28.5. The van der Waals surface area contributed by atoms with E-state index >= 15 is 0 Å². The molecule has 11 aromatic rings. The van der Waals surface area contributed by atoms with Gasteiger partial charge in [-0.15, -0.1) is 11.3 Å². The van der Waals surface area contributed by atoms with E-state index in [1.807, 2.05) is 11.3 Å². The fourth-order valence-corrected chi connectivity index (χ4v) is 9.74. The molecule has 0 spiro atoms. The summed E-state index contributed by atoms with van der Waals surface area (Å²) in [6.45, 7) is 0. The lowest BCUT2D eigenvalue weighted by atomic mass is 9.86. The van der Waals surface area contributed by atoms with Gasteiger partial charge < -0.3 is 0 Å². The summed E-state index contributed by atoms with van der Waals surface area (Å²) in [4.78, 5) is 0. The largest absolute Gasteiger partial charge is 0.135 e. The van der Waals surface area contributed by atoms with Gasteiger partial charge in [0.1, 0.15) is 0 Å². The zero-order chi connectivity index (χ0) is 33.5. The molecular weight excluding hydrogens is 633 g/mol. The Morgan fingerprint density at radius 2 is 0.706 bits per heavy atom. The van der Waals surface area contributed by atoms with Gasteiger partial charge in [-0.1, -0.05) is 164 Å². The van der Waals surface area contributed by atoms with Crippen molar-refractivity contribution in [2.24, 2.45) is 0 Å². The van der Waals surface area contributed by atoms with Crippen LogP contribution in [0.5, 0.6) is 0 Å². The number of benzene rings is 10. The Morgan fingerprint density at radius 1 is 0.255 bits per heavy atom. The molecule has 0 aliphatic heterocycles. The Morgan fingerprint density at radius 3 is 1.37 bits per heavy atom. The van der Waals surface area contributed by atoms with Gasteiger partial charge in [-0.3, -0.25) is 0 Å². The molecule has 1 heteroatoms. The number of thiophene rings is 1. The maximum Gasteiger partial charge on any atom is 0.0433 e. The van der Waals surface area contributed by atoms with Crippen LogP contribution in [0, 0.1) is 0 Å². The average Bonchev–Trinajstić information content (AvgIpc) is 3.60. The van der Waals surface area contributed by atoms with Gasteiger partial charge in [-0.05, 0) is 105 Å². The number of hydrogen-bond acceptors (Lipinski definition) is 1. The second-order valence-corrected chi connectivity index (χ2v) is 14.6. The summed E-state index contributed by atoms with van der Waals surface area (Å²) in [6, 6.07) is 67.4. The topological polar surface area (TPSA) is 0 Å². The first kappa shape index (κ1) is 28.5. The SMILES string of the molecule is c1cc(-c2ccc(-c3cccc4c3sc3ccccc34)cc2)cc(-c2ccc3c4ccccc4c4c5ccccc5c5ccccc5c4c3c2)c1. The molecule has 0 saturated carbocycles. The van der Waals surface area contributed by atoms with Crippen molar-refractivity contribution in [2.45, 2.75) is 0 Å². The molecule has 0 bridgehead atoms. The van der Waals surface area contributed by atoms with Gasteiger partial charge in [0.15, 0.2) is 0 Å². The Balaban J connectivity index is 1.07. The molecule has 0 atom stereocenters. The summed E-state index contributed by atoms with van der Waals surface area (Å²) < 4.78 is 2.69. The summed E-state index contributed by atoms with van der Waals surface area (Å²) >= 11 is 1.89. The van der Waals surface area contributed by atoms with Crippen LogP contribution in [-0.2, 0) is 0 Å². The average molecular weight is 663 g/mol. The van der Waals surface area contributed by atoms with Crippen molar-refractivity contribution >= 4 is 85.4 Å². The van der Waals surface area contributed by atoms with Crippen LogP contribution >= 0.6 is 11.3 Å². The minimum Gasteiger partial charge on any atom is -0.135 e. The van der Waals surface area contributed by atoms with Crippen LogP contribution in [0.1, 0.15) is 0 Å². The smallest absolute Gasteiger partial charge is 0.0433 e. The second kappa shape index (κ2) is 11.1. The zero-order valence-electron chi connectivity index (χ0n) is 27.7. The molecular formula is C50H30S. The molecule has 0 saturated heterocycles. The molecule has 51 heavy (non-hydrogen) atoms. The minimum atomic E-state index is 1.22. The second-order valence-electron chi connectivity index (χ2n) is 13.6. The highest BCUT2D eigenvalue weighted by Gasteiger charge is 2.17. The monoisotopic (exact) mass is 662 g/mol. The highest BCUT2D eigenvalue weighted by Crippen LogP contribution is 2.45. The molecule has 0 nitrogen and oxygen atoms in total. The molecule has 0 N–H and O–H groups in total. The van der Waals surface area contributed by atoms with E-state index in [-0.39, 0.29) is 0 Å². The van der Waals surface area contributed by atoms with Gasteiger partial charge >= 0.3 is 0 Å². The summed E-state index contributed by atoms with van der Waals surface area (Å²) in [6.07, 6.45) is 0. The van der Waals surface area contributed by atoms with Crippen molar-refractivity contribution in [1.82, 2.24) is 0 Å². The Kier molecular flexibility index (Phi) is 6.22. The van der Waals surface area contributed by atoms with E-state index in [0.717, 1.165) is 0 Å². The maximum absolute atomic E-state index is 2.43. The van der Waals surface area contributed by atoms with Gasteiger partial charge in [0, 0.05) is 20.2 Å². The molecule has 0 aliphatic rings. The van der Waals surface area contributed by atoms with Crippen molar-refractivity contribution in [3.8, 4) is 33.4 Å². The normalized spacial score (nSPS) is 11.9.